The van der Waals surface area contributed by atoms with Crippen molar-refractivity contribution < 1.29 is 4.42 Å². The van der Waals surface area contributed by atoms with E-state index in [9.17, 15) is 4.79 Å². The Kier molecular flexibility index (Phi) is 4.94. The van der Waals surface area contributed by atoms with E-state index in [1.54, 1.807) is 36.8 Å². The SMILES string of the molecule is O=c1n(Cc2nc3cc(Cl)ccc3o2)nc2c(-c3ccncc3)c(-c3ccc(Cl)cc3)ccn12. The van der Waals surface area contributed by atoms with Gasteiger partial charge in [-0.1, -0.05) is 35.3 Å². The summed E-state index contributed by atoms with van der Waals surface area (Å²) in [5.74, 6) is 0.367. The van der Waals surface area contributed by atoms with Gasteiger partial charge in [0.05, 0.1) is 0 Å². The summed E-state index contributed by atoms with van der Waals surface area (Å²) < 4.78 is 8.67. The Hall–Kier alpha value is -3.94. The average Bonchev–Trinajstić information content (AvgIpc) is 3.39. The van der Waals surface area contributed by atoms with Gasteiger partial charge in [0.25, 0.3) is 0 Å². The Morgan fingerprint density at radius 3 is 2.44 bits per heavy atom. The van der Waals surface area contributed by atoms with Crippen molar-refractivity contribution in [3.63, 3.8) is 0 Å². The van der Waals surface area contributed by atoms with Gasteiger partial charge in [-0.15, -0.1) is 5.10 Å². The summed E-state index contributed by atoms with van der Waals surface area (Å²) in [5.41, 5.74) is 5.02. The van der Waals surface area contributed by atoms with E-state index in [0.717, 1.165) is 22.3 Å². The molecule has 0 atom stereocenters. The Morgan fingerprint density at radius 1 is 0.882 bits per heavy atom. The van der Waals surface area contributed by atoms with Crippen LogP contribution in [-0.4, -0.2) is 24.1 Å². The Balaban J connectivity index is 1.53. The average molecular weight is 488 g/mol. The van der Waals surface area contributed by atoms with Gasteiger partial charge >= 0.3 is 5.69 Å². The lowest BCUT2D eigenvalue weighted by Crippen LogP contribution is -2.21. The summed E-state index contributed by atoms with van der Waals surface area (Å²) in [5, 5.41) is 5.88. The lowest BCUT2D eigenvalue weighted by atomic mass is 9.96. The summed E-state index contributed by atoms with van der Waals surface area (Å²) in [7, 11) is 0. The molecule has 0 aliphatic carbocycles. The molecular formula is C25H15Cl2N5O2. The topological polar surface area (TPSA) is 78.2 Å². The van der Waals surface area contributed by atoms with Crippen LogP contribution in [-0.2, 0) is 6.54 Å². The molecule has 6 rings (SSSR count). The lowest BCUT2D eigenvalue weighted by molar-refractivity contribution is 0.485. The maximum atomic E-state index is 13.2. The molecule has 2 aromatic carbocycles. The van der Waals surface area contributed by atoms with Gasteiger partial charge in [0, 0.05) is 34.2 Å². The second-order valence-corrected chi connectivity index (χ2v) is 8.57. The third kappa shape index (κ3) is 3.55. The summed E-state index contributed by atoms with van der Waals surface area (Å²) in [6, 6.07) is 18.4. The third-order valence-corrected chi connectivity index (χ3v) is 6.04. The van der Waals surface area contributed by atoms with Crippen molar-refractivity contribution in [3.8, 4) is 22.3 Å². The zero-order valence-corrected chi connectivity index (χ0v) is 19.0. The van der Waals surface area contributed by atoms with E-state index in [4.69, 9.17) is 27.6 Å². The van der Waals surface area contributed by atoms with Gasteiger partial charge in [-0.3, -0.25) is 4.98 Å². The molecule has 0 saturated heterocycles. The minimum Gasteiger partial charge on any atom is -0.439 e. The van der Waals surface area contributed by atoms with E-state index >= 15 is 0 Å². The van der Waals surface area contributed by atoms with Crippen molar-refractivity contribution in [2.24, 2.45) is 0 Å². The first kappa shape index (κ1) is 20.7. The molecule has 0 fully saturated rings. The van der Waals surface area contributed by atoms with E-state index in [0.29, 0.717) is 32.7 Å². The molecule has 0 aliphatic rings. The van der Waals surface area contributed by atoms with Crippen LogP contribution in [0, 0.1) is 0 Å². The third-order valence-electron chi connectivity index (χ3n) is 5.56. The van der Waals surface area contributed by atoms with E-state index in [-0.39, 0.29) is 12.2 Å². The highest BCUT2D eigenvalue weighted by Crippen LogP contribution is 2.34. The predicted molar refractivity (Wildman–Crippen MR) is 131 cm³/mol. The number of pyridine rings is 2. The Labute approximate surface area is 202 Å². The molecule has 4 aromatic heterocycles. The summed E-state index contributed by atoms with van der Waals surface area (Å²) in [6.07, 6.45) is 5.15. The number of hydrogen-bond donors (Lipinski definition) is 0. The highest BCUT2D eigenvalue weighted by Gasteiger charge is 2.19. The molecule has 4 heterocycles. The number of nitrogens with zero attached hydrogens (tertiary/aromatic N) is 5. The van der Waals surface area contributed by atoms with Gasteiger partial charge in [-0.25, -0.2) is 18.9 Å². The molecule has 0 N–H and O–H groups in total. The first-order valence-corrected chi connectivity index (χ1v) is 11.2. The Bertz CT molecular complexity index is 1720. The number of halogens is 2. The van der Waals surface area contributed by atoms with Gasteiger partial charge in [0.15, 0.2) is 11.2 Å². The largest absolute Gasteiger partial charge is 0.439 e. The van der Waals surface area contributed by atoms with Gasteiger partial charge in [0.2, 0.25) is 5.89 Å². The van der Waals surface area contributed by atoms with Crippen LogP contribution >= 0.6 is 23.2 Å². The zero-order chi connectivity index (χ0) is 23.2. The number of fused-ring (bicyclic) bond motifs is 2. The van der Waals surface area contributed by atoms with Gasteiger partial charge < -0.3 is 4.42 Å². The monoisotopic (exact) mass is 487 g/mol. The van der Waals surface area contributed by atoms with Crippen LogP contribution in [0.5, 0.6) is 0 Å². The molecule has 7 nitrogen and oxygen atoms in total. The Morgan fingerprint density at radius 2 is 1.65 bits per heavy atom. The number of benzene rings is 2. The van der Waals surface area contributed by atoms with E-state index in [1.165, 1.54) is 9.08 Å². The van der Waals surface area contributed by atoms with Crippen molar-refractivity contribution in [2.45, 2.75) is 6.54 Å². The molecule has 0 bridgehead atoms. The molecule has 0 saturated carbocycles. The molecule has 34 heavy (non-hydrogen) atoms. The fourth-order valence-electron chi connectivity index (χ4n) is 4.00. The van der Waals surface area contributed by atoms with Gasteiger partial charge in [-0.05, 0) is 65.2 Å². The van der Waals surface area contributed by atoms with Gasteiger partial charge in [0.1, 0.15) is 12.1 Å². The molecule has 0 amide bonds. The van der Waals surface area contributed by atoms with Crippen LogP contribution in [0.2, 0.25) is 10.0 Å². The molecule has 6 aromatic rings. The number of oxazole rings is 1. The minimum atomic E-state index is -0.298. The maximum Gasteiger partial charge on any atom is 0.350 e. The molecular weight excluding hydrogens is 473 g/mol. The van der Waals surface area contributed by atoms with Gasteiger partial charge in [-0.2, -0.15) is 0 Å². The predicted octanol–water partition coefficient (Wildman–Crippen LogP) is 5.72. The normalized spacial score (nSPS) is 11.5. The molecule has 0 unspecified atom stereocenters. The maximum absolute atomic E-state index is 13.2. The smallest absolute Gasteiger partial charge is 0.350 e. The summed E-state index contributed by atoms with van der Waals surface area (Å²) in [6.45, 7) is 0.0822. The van der Waals surface area contributed by atoms with Crippen molar-refractivity contribution in [1.29, 1.82) is 0 Å². The van der Waals surface area contributed by atoms with E-state index < -0.39 is 0 Å². The van der Waals surface area contributed by atoms with Crippen molar-refractivity contribution in [1.82, 2.24) is 24.1 Å². The second kappa shape index (κ2) is 8.13. The highest BCUT2D eigenvalue weighted by molar-refractivity contribution is 6.31. The van der Waals surface area contributed by atoms with Crippen LogP contribution in [0.15, 0.2) is 88.5 Å². The minimum absolute atomic E-state index is 0.0822. The van der Waals surface area contributed by atoms with Crippen molar-refractivity contribution >= 4 is 39.9 Å². The fraction of sp³-hybridized carbons (Fsp3) is 0.0400. The molecule has 9 heteroatoms. The standard InChI is InChI=1S/C25H15Cl2N5O2/c26-17-3-1-15(2-4-17)19-9-12-31-24(23(19)16-7-10-28-11-8-16)30-32(25(31)33)14-22-29-20-13-18(27)5-6-21(20)34-22/h1-13H,14H2. The van der Waals surface area contributed by atoms with Crippen molar-refractivity contribution in [3.05, 3.63) is 106 Å². The first-order chi connectivity index (χ1) is 16.6. The van der Waals surface area contributed by atoms with E-state index in [1.807, 2.05) is 42.5 Å². The van der Waals surface area contributed by atoms with Crippen LogP contribution < -0.4 is 5.69 Å². The van der Waals surface area contributed by atoms with Crippen LogP contribution in [0.25, 0.3) is 39.0 Å². The van der Waals surface area contributed by atoms with Crippen LogP contribution in [0.4, 0.5) is 0 Å². The summed E-state index contributed by atoms with van der Waals surface area (Å²) >= 11 is 12.2. The lowest BCUT2D eigenvalue weighted by Gasteiger charge is -2.11. The molecule has 0 spiro atoms. The molecule has 0 radical (unpaired) electrons. The first-order valence-electron chi connectivity index (χ1n) is 10.4. The second-order valence-electron chi connectivity index (χ2n) is 7.70. The molecule has 0 aliphatic heterocycles. The highest BCUT2D eigenvalue weighted by atomic mass is 35.5. The molecule has 166 valence electrons. The van der Waals surface area contributed by atoms with Crippen molar-refractivity contribution in [2.75, 3.05) is 0 Å². The fourth-order valence-corrected chi connectivity index (χ4v) is 4.29. The number of hydrogen-bond acceptors (Lipinski definition) is 5. The number of rotatable bonds is 4. The summed E-state index contributed by atoms with van der Waals surface area (Å²) in [4.78, 5) is 21.8. The van der Waals surface area contributed by atoms with E-state index in [2.05, 4.69) is 15.1 Å². The van der Waals surface area contributed by atoms with Crippen LogP contribution in [0.3, 0.4) is 0 Å². The zero-order valence-electron chi connectivity index (χ0n) is 17.5. The quantitative estimate of drug-likeness (QED) is 0.317. The van der Waals surface area contributed by atoms with Crippen LogP contribution in [0.1, 0.15) is 5.89 Å². The number of aromatic nitrogens is 5.